The van der Waals surface area contributed by atoms with Crippen molar-refractivity contribution in [2.45, 2.75) is 0 Å². The summed E-state index contributed by atoms with van der Waals surface area (Å²) in [6.07, 6.45) is 0. The second-order valence-electron chi connectivity index (χ2n) is 2.67. The Bertz CT molecular complexity index is 344. The molecule has 86 valence electrons. The van der Waals surface area contributed by atoms with Crippen molar-refractivity contribution in [1.82, 2.24) is 0 Å². The van der Waals surface area contributed by atoms with Gasteiger partial charge in [-0.2, -0.15) is 0 Å². The molecule has 0 aliphatic rings. The Morgan fingerprint density at radius 3 is 2.00 bits per heavy atom. The summed E-state index contributed by atoms with van der Waals surface area (Å²) in [5.41, 5.74) is 1.04. The van der Waals surface area contributed by atoms with Crippen LogP contribution in [0.2, 0.25) is 0 Å². The molecule has 0 heterocycles. The van der Waals surface area contributed by atoms with Crippen molar-refractivity contribution in [2.24, 2.45) is 0 Å². The van der Waals surface area contributed by atoms with Crippen LogP contribution in [-0.4, -0.2) is 19.2 Å². The number of halogens is 3. The zero-order valence-electron chi connectivity index (χ0n) is 8.86. The molecule has 0 aliphatic heterocycles. The van der Waals surface area contributed by atoms with Crippen molar-refractivity contribution in [3.63, 3.8) is 0 Å². The van der Waals surface area contributed by atoms with Gasteiger partial charge in [-0.3, -0.25) is 0 Å². The van der Waals surface area contributed by atoms with Crippen LogP contribution in [0.3, 0.4) is 0 Å². The van der Waals surface area contributed by atoms with Gasteiger partial charge in [0.25, 0.3) is 0 Å². The van der Waals surface area contributed by atoms with Crippen molar-refractivity contribution in [2.75, 3.05) is 19.0 Å². The minimum absolute atomic E-state index is 0. The number of anilines is 1. The van der Waals surface area contributed by atoms with Crippen LogP contribution in [0.1, 0.15) is 0 Å². The van der Waals surface area contributed by atoms with Crippen LogP contribution in [0.25, 0.3) is 4.98 Å². The number of hydrogen-bond donors (Lipinski definition) is 1. The summed E-state index contributed by atoms with van der Waals surface area (Å²) < 4.78 is 0. The quantitative estimate of drug-likeness (QED) is 0.410. The molecule has 0 atom stereocenters. The summed E-state index contributed by atoms with van der Waals surface area (Å²) in [4.78, 5) is 4.73. The van der Waals surface area contributed by atoms with Crippen LogP contribution in [0.4, 0.5) is 11.4 Å². The van der Waals surface area contributed by atoms with Gasteiger partial charge in [0, 0.05) is 20.2 Å². The van der Waals surface area contributed by atoms with Gasteiger partial charge >= 0.3 is 25.2 Å². The first-order valence-corrected chi connectivity index (χ1v) is 3.50. The van der Waals surface area contributed by atoms with Crippen LogP contribution >= 0.6 is 0 Å². The van der Waals surface area contributed by atoms with E-state index in [1.54, 1.807) is 17.0 Å². The fraction of sp³-hybridized carbons (Fsp3) is 0.250. The number of phenols is 1. The molecule has 4 nitrogen and oxygen atoms in total. The van der Waals surface area contributed by atoms with Gasteiger partial charge in [-0.15, -0.1) is 0 Å². The third kappa shape index (κ3) is 6.35. The van der Waals surface area contributed by atoms with Crippen LogP contribution < -0.4 is 42.1 Å². The van der Waals surface area contributed by atoms with Crippen LogP contribution in [0.15, 0.2) is 18.2 Å². The molecule has 1 aromatic carbocycles. The molecule has 0 spiro atoms. The van der Waals surface area contributed by atoms with Gasteiger partial charge in [-0.1, -0.05) is 0 Å². The topological polar surface area (TPSA) is 51.6 Å². The van der Waals surface area contributed by atoms with E-state index in [0.717, 1.165) is 0 Å². The molecule has 0 aliphatic carbocycles. The Hall–Kier alpha value is -0.267. The minimum Gasteiger partial charge on any atom is -1.00 e. The largest absolute Gasteiger partial charge is 2.00 e. The molecule has 0 saturated heterocycles. The Morgan fingerprint density at radius 1 is 1.19 bits per heavy atom. The standard InChI is InChI=1S/C8H9N3O.3ClH.Zn/c1-11(2)7-4-3-6(10-9)5-8(7)12;;;;/h3-5H,1-2H3;3*1H;/q;;;;+2/p-2. The number of benzene rings is 1. The third-order valence-electron chi connectivity index (χ3n) is 1.56. The van der Waals surface area contributed by atoms with Gasteiger partial charge in [0.1, 0.15) is 5.75 Å². The summed E-state index contributed by atoms with van der Waals surface area (Å²) in [7, 11) is 3.65. The maximum Gasteiger partial charge on any atom is 2.00 e. The first kappa shape index (κ1) is 24.8. The Kier molecular flexibility index (Phi) is 17.4. The fourth-order valence-corrected chi connectivity index (χ4v) is 0.952. The van der Waals surface area contributed by atoms with E-state index in [1.807, 2.05) is 14.1 Å². The summed E-state index contributed by atoms with van der Waals surface area (Å²) in [6, 6.07) is 4.70. The van der Waals surface area contributed by atoms with E-state index in [2.05, 4.69) is 4.98 Å². The Labute approximate surface area is 126 Å². The maximum absolute atomic E-state index is 9.38. The Morgan fingerprint density at radius 2 is 1.69 bits per heavy atom. The summed E-state index contributed by atoms with van der Waals surface area (Å²) in [5.74, 6) is 0.107. The molecule has 0 bridgehead atoms. The zero-order valence-corrected chi connectivity index (χ0v) is 14.1. The van der Waals surface area contributed by atoms with Gasteiger partial charge in [0.2, 0.25) is 5.39 Å². The number of aromatic hydroxyl groups is 1. The zero-order chi connectivity index (χ0) is 9.14. The first-order chi connectivity index (χ1) is 5.65. The summed E-state index contributed by atoms with van der Waals surface area (Å²) >= 11 is 0. The van der Waals surface area contributed by atoms with E-state index < -0.39 is 0 Å². The van der Waals surface area contributed by atoms with Crippen molar-refractivity contribution >= 4 is 11.4 Å². The molecular formula is C8H10Cl3N3OZn. The normalized spacial score (nSPS) is 6.81. The molecule has 1 rings (SSSR count). The van der Waals surface area contributed by atoms with Gasteiger partial charge in [0.05, 0.1) is 11.8 Å². The summed E-state index contributed by atoms with van der Waals surface area (Å²) in [6.45, 7) is 0. The van der Waals surface area contributed by atoms with E-state index >= 15 is 0 Å². The fourth-order valence-electron chi connectivity index (χ4n) is 0.952. The predicted octanol–water partition coefficient (Wildman–Crippen LogP) is -7.05. The van der Waals surface area contributed by atoms with Crippen molar-refractivity contribution in [1.29, 1.82) is 5.39 Å². The van der Waals surface area contributed by atoms with Gasteiger partial charge in [0.15, 0.2) is 4.98 Å². The predicted molar refractivity (Wildman–Crippen MR) is 47.2 cm³/mol. The molecule has 0 fully saturated rings. The number of phenolic OH excluding ortho intramolecular Hbond substituents is 1. The van der Waals surface area contributed by atoms with E-state index in [1.165, 1.54) is 6.07 Å². The molecule has 0 amide bonds. The van der Waals surface area contributed by atoms with E-state index in [9.17, 15) is 5.11 Å². The van der Waals surface area contributed by atoms with Crippen molar-refractivity contribution in [3.05, 3.63) is 23.2 Å². The molecule has 0 aromatic heterocycles. The average molecular weight is 336 g/mol. The minimum atomic E-state index is 0. The van der Waals surface area contributed by atoms with E-state index in [-0.39, 0.29) is 62.4 Å². The van der Waals surface area contributed by atoms with Crippen molar-refractivity contribution < 1.29 is 61.8 Å². The van der Waals surface area contributed by atoms with E-state index in [4.69, 9.17) is 5.39 Å². The van der Waals surface area contributed by atoms with Crippen LogP contribution in [0, 0.1) is 5.39 Å². The van der Waals surface area contributed by atoms with Gasteiger partial charge in [-0.25, -0.2) is 0 Å². The second kappa shape index (κ2) is 11.2. The smallest absolute Gasteiger partial charge is 1.00 e. The van der Waals surface area contributed by atoms with E-state index in [0.29, 0.717) is 11.4 Å². The molecule has 8 heteroatoms. The molecule has 0 unspecified atom stereocenters. The second-order valence-corrected chi connectivity index (χ2v) is 2.67. The van der Waals surface area contributed by atoms with Gasteiger partial charge < -0.3 is 47.2 Å². The van der Waals surface area contributed by atoms with Crippen LogP contribution in [-0.2, 0) is 19.5 Å². The van der Waals surface area contributed by atoms with Crippen LogP contribution in [0.5, 0.6) is 5.75 Å². The van der Waals surface area contributed by atoms with Gasteiger partial charge in [-0.05, 0) is 6.07 Å². The van der Waals surface area contributed by atoms with Crippen molar-refractivity contribution in [3.8, 4) is 5.75 Å². The third-order valence-corrected chi connectivity index (χ3v) is 1.56. The monoisotopic (exact) mass is 333 g/mol. The average Bonchev–Trinajstić information content (AvgIpc) is 2.03. The first-order valence-electron chi connectivity index (χ1n) is 3.50. The molecule has 1 N–H and O–H groups in total. The molecule has 0 saturated carbocycles. The molecule has 1 aromatic rings. The number of diazo groups is 1. The number of hydrogen-bond acceptors (Lipinski definition) is 3. The molecule has 16 heavy (non-hydrogen) atoms. The number of rotatable bonds is 1. The molecular weight excluding hydrogens is 326 g/mol. The summed E-state index contributed by atoms with van der Waals surface area (Å²) in [5, 5.41) is 17.8. The molecule has 0 radical (unpaired) electrons. The number of nitrogens with zero attached hydrogens (tertiary/aromatic N) is 3. The maximum atomic E-state index is 9.38. The Balaban J connectivity index is -0.000000180. The SMILES string of the molecule is CN(C)c1ccc([N+]#N)cc1O.[Cl-].[Cl-].[Cl-].[Zn+2].